The summed E-state index contributed by atoms with van der Waals surface area (Å²) in [6.07, 6.45) is 6.59. The average molecular weight is 348 g/mol. The molecule has 0 aromatic carbocycles. The molecule has 25 heavy (non-hydrogen) atoms. The number of carbonyl (C=O) groups excluding carboxylic acids is 1. The van der Waals surface area contributed by atoms with Gasteiger partial charge in [-0.1, -0.05) is 12.8 Å². The molecule has 1 unspecified atom stereocenters. The van der Waals surface area contributed by atoms with Gasteiger partial charge in [0.05, 0.1) is 23.9 Å². The summed E-state index contributed by atoms with van der Waals surface area (Å²) in [5.74, 6) is 0. The lowest BCUT2D eigenvalue weighted by atomic mass is 9.98. The Morgan fingerprint density at radius 3 is 2.56 bits per heavy atom. The van der Waals surface area contributed by atoms with Crippen LogP contribution in [0.25, 0.3) is 0 Å². The molecule has 140 valence electrons. The van der Waals surface area contributed by atoms with Crippen LogP contribution in [0.4, 0.5) is 4.79 Å². The Morgan fingerprint density at radius 1 is 1.20 bits per heavy atom. The van der Waals surface area contributed by atoms with Gasteiger partial charge in [0.2, 0.25) is 0 Å². The predicted octanol–water partition coefficient (Wildman–Crippen LogP) is 3.61. The molecule has 1 aromatic rings. The lowest BCUT2D eigenvalue weighted by molar-refractivity contribution is -0.0408. The van der Waals surface area contributed by atoms with Crippen LogP contribution in [0.3, 0.4) is 0 Å². The van der Waals surface area contributed by atoms with E-state index in [9.17, 15) is 4.79 Å². The third kappa shape index (κ3) is 4.17. The molecule has 3 heterocycles. The number of H-pyrrole nitrogens is 1. The van der Waals surface area contributed by atoms with Crippen LogP contribution in [0.2, 0.25) is 0 Å². The Kier molecular flexibility index (Phi) is 5.67. The zero-order chi connectivity index (χ0) is 18.0. The van der Waals surface area contributed by atoms with Crippen LogP contribution in [0.5, 0.6) is 0 Å². The molecule has 6 nitrogen and oxygen atoms in total. The fourth-order valence-electron chi connectivity index (χ4n) is 4.48. The first-order valence-corrected chi connectivity index (χ1v) is 9.69. The molecule has 0 radical (unpaired) electrons. The van der Waals surface area contributed by atoms with Gasteiger partial charge in [-0.2, -0.15) is 5.10 Å². The van der Waals surface area contributed by atoms with Gasteiger partial charge in [-0.15, -0.1) is 0 Å². The molecule has 0 bridgehead atoms. The van der Waals surface area contributed by atoms with Crippen LogP contribution in [0, 0.1) is 13.8 Å². The van der Waals surface area contributed by atoms with E-state index in [1.54, 1.807) is 0 Å². The topological polar surface area (TPSA) is 70.2 Å². The molecule has 4 atom stereocenters. The minimum atomic E-state index is 0.0678. The quantitative estimate of drug-likeness (QED) is 0.858. The van der Waals surface area contributed by atoms with Gasteiger partial charge >= 0.3 is 6.03 Å². The number of carbonyl (C=O) groups is 1. The maximum Gasteiger partial charge on any atom is 0.318 e. The number of hydrogen-bond acceptors (Lipinski definition) is 3. The Balaban J connectivity index is 1.76. The number of aromatic amines is 1. The number of aryl methyl sites for hydroxylation is 2. The van der Waals surface area contributed by atoms with E-state index in [0.29, 0.717) is 0 Å². The van der Waals surface area contributed by atoms with Crippen LogP contribution in [0.1, 0.15) is 75.4 Å². The minimum Gasteiger partial charge on any atom is -0.375 e. The molecule has 1 aromatic heterocycles. The summed E-state index contributed by atoms with van der Waals surface area (Å²) in [6, 6.07) is 0.385. The molecule has 2 amide bonds. The molecule has 2 fully saturated rings. The van der Waals surface area contributed by atoms with E-state index in [1.165, 1.54) is 12.0 Å². The maximum atomic E-state index is 13.1. The molecule has 2 saturated heterocycles. The summed E-state index contributed by atoms with van der Waals surface area (Å²) in [4.78, 5) is 15.1. The molecule has 6 heteroatoms. The van der Waals surface area contributed by atoms with Crippen molar-refractivity contribution in [3.8, 4) is 0 Å². The summed E-state index contributed by atoms with van der Waals surface area (Å²) in [5.41, 5.74) is 3.29. The number of nitrogens with zero attached hydrogens (tertiary/aromatic N) is 2. The number of ether oxygens (including phenoxy) is 1. The van der Waals surface area contributed by atoms with Crippen LogP contribution in [-0.4, -0.2) is 45.9 Å². The Morgan fingerprint density at radius 2 is 1.92 bits per heavy atom. The first-order chi connectivity index (χ1) is 12.0. The summed E-state index contributed by atoms with van der Waals surface area (Å²) in [6.45, 7) is 9.07. The van der Waals surface area contributed by atoms with Gasteiger partial charge < -0.3 is 15.0 Å². The number of amides is 2. The van der Waals surface area contributed by atoms with Gasteiger partial charge in [0.15, 0.2) is 0 Å². The Labute approximate surface area is 150 Å². The van der Waals surface area contributed by atoms with E-state index in [2.05, 4.69) is 36.3 Å². The number of urea groups is 1. The number of likely N-dealkylation sites (tertiary alicyclic amines) is 1. The molecular weight excluding hydrogens is 316 g/mol. The number of rotatable bonds is 2. The lowest BCUT2D eigenvalue weighted by Crippen LogP contribution is -2.50. The van der Waals surface area contributed by atoms with Crippen molar-refractivity contribution in [3.63, 3.8) is 0 Å². The SMILES string of the molecule is Cc1n[nH]c(C)c1[C@H]1CCCCCN1C(=O)NC1C[C@@H](C)O[C@@H](C)C1. The minimum absolute atomic E-state index is 0.0678. The van der Waals surface area contributed by atoms with E-state index < -0.39 is 0 Å². The van der Waals surface area contributed by atoms with Crippen LogP contribution < -0.4 is 5.32 Å². The second-order valence-corrected chi connectivity index (χ2v) is 7.78. The van der Waals surface area contributed by atoms with Crippen molar-refractivity contribution in [2.75, 3.05) is 6.54 Å². The fourth-order valence-corrected chi connectivity index (χ4v) is 4.48. The highest BCUT2D eigenvalue weighted by Crippen LogP contribution is 2.33. The van der Waals surface area contributed by atoms with Crippen molar-refractivity contribution in [1.29, 1.82) is 0 Å². The van der Waals surface area contributed by atoms with Gasteiger partial charge in [0.1, 0.15) is 0 Å². The first kappa shape index (κ1) is 18.2. The smallest absolute Gasteiger partial charge is 0.318 e. The normalized spacial score (nSPS) is 30.8. The molecule has 2 aliphatic heterocycles. The number of nitrogens with one attached hydrogen (secondary N) is 2. The number of aromatic nitrogens is 2. The fraction of sp³-hybridized carbons (Fsp3) is 0.789. The van der Waals surface area contributed by atoms with Crippen molar-refractivity contribution in [1.82, 2.24) is 20.4 Å². The van der Waals surface area contributed by atoms with Crippen molar-refractivity contribution < 1.29 is 9.53 Å². The van der Waals surface area contributed by atoms with Gasteiger partial charge in [0.25, 0.3) is 0 Å². The Hall–Kier alpha value is -1.56. The van der Waals surface area contributed by atoms with E-state index in [1.807, 2.05) is 11.8 Å². The third-order valence-corrected chi connectivity index (χ3v) is 5.56. The molecule has 2 N–H and O–H groups in total. The van der Waals surface area contributed by atoms with Gasteiger partial charge in [-0.3, -0.25) is 5.10 Å². The van der Waals surface area contributed by atoms with Gasteiger partial charge in [-0.25, -0.2) is 4.79 Å². The van der Waals surface area contributed by atoms with Crippen LogP contribution in [0.15, 0.2) is 0 Å². The van der Waals surface area contributed by atoms with Crippen molar-refractivity contribution in [3.05, 3.63) is 17.0 Å². The molecular formula is C19H32N4O2. The van der Waals surface area contributed by atoms with E-state index in [4.69, 9.17) is 4.74 Å². The van der Waals surface area contributed by atoms with Crippen molar-refractivity contribution in [2.24, 2.45) is 0 Å². The second-order valence-electron chi connectivity index (χ2n) is 7.78. The third-order valence-electron chi connectivity index (χ3n) is 5.56. The molecule has 2 aliphatic rings. The zero-order valence-electron chi connectivity index (χ0n) is 16.0. The van der Waals surface area contributed by atoms with Gasteiger partial charge in [-0.05, 0) is 53.4 Å². The van der Waals surface area contributed by atoms with E-state index in [-0.39, 0.29) is 30.3 Å². The monoisotopic (exact) mass is 348 g/mol. The van der Waals surface area contributed by atoms with E-state index >= 15 is 0 Å². The standard InChI is InChI=1S/C19H32N4O2/c1-12-10-16(11-13(2)25-12)20-19(24)23-9-7-5-6-8-17(23)18-14(3)21-22-15(18)4/h12-13,16-17H,5-11H2,1-4H3,(H,20,24)(H,21,22)/t12-,13+,16?,17-/m1/s1. The second kappa shape index (κ2) is 7.77. The van der Waals surface area contributed by atoms with Crippen LogP contribution in [-0.2, 0) is 4.74 Å². The lowest BCUT2D eigenvalue weighted by Gasteiger charge is -2.36. The summed E-state index contributed by atoms with van der Waals surface area (Å²) >= 11 is 0. The van der Waals surface area contributed by atoms with Crippen LogP contribution >= 0.6 is 0 Å². The molecule has 0 aliphatic carbocycles. The summed E-state index contributed by atoms with van der Waals surface area (Å²) in [7, 11) is 0. The maximum absolute atomic E-state index is 13.1. The Bertz CT molecular complexity index is 571. The van der Waals surface area contributed by atoms with Crippen molar-refractivity contribution >= 4 is 6.03 Å². The first-order valence-electron chi connectivity index (χ1n) is 9.69. The van der Waals surface area contributed by atoms with E-state index in [0.717, 1.165) is 50.0 Å². The van der Waals surface area contributed by atoms with Gasteiger partial charge in [0, 0.05) is 23.8 Å². The van der Waals surface area contributed by atoms with Crippen molar-refractivity contribution in [2.45, 2.75) is 90.5 Å². The predicted molar refractivity (Wildman–Crippen MR) is 97.5 cm³/mol. The average Bonchev–Trinajstić information content (AvgIpc) is 2.74. The largest absolute Gasteiger partial charge is 0.375 e. The molecule has 0 saturated carbocycles. The zero-order valence-corrected chi connectivity index (χ0v) is 16.0. The summed E-state index contributed by atoms with van der Waals surface area (Å²) in [5, 5.41) is 10.7. The highest BCUT2D eigenvalue weighted by atomic mass is 16.5. The molecule has 0 spiro atoms. The molecule has 3 rings (SSSR count). The highest BCUT2D eigenvalue weighted by Gasteiger charge is 2.32. The number of hydrogen-bond donors (Lipinski definition) is 2. The highest BCUT2D eigenvalue weighted by molar-refractivity contribution is 5.75. The summed E-state index contributed by atoms with van der Waals surface area (Å²) < 4.78 is 5.80.